The summed E-state index contributed by atoms with van der Waals surface area (Å²) < 4.78 is 0. The number of aromatic nitrogens is 5. The Kier molecular flexibility index (Phi) is 9.44. The van der Waals surface area contributed by atoms with Crippen LogP contribution in [0.25, 0.3) is 122 Å². The molecule has 9 aromatic carbocycles. The molecule has 0 bridgehead atoms. The lowest BCUT2D eigenvalue weighted by molar-refractivity contribution is 1.07. The number of rotatable bonds is 7. The number of hydrogen-bond donors (Lipinski definition) is 0. The summed E-state index contributed by atoms with van der Waals surface area (Å²) in [5.74, 6) is 1.79. The average Bonchev–Trinajstić information content (AvgIpc) is 3.40. The Morgan fingerprint density at radius 1 is 0.288 bits per heavy atom. The number of nitriles is 1. The average molecular weight is 841 g/mol. The zero-order valence-corrected chi connectivity index (χ0v) is 35.5. The van der Waals surface area contributed by atoms with E-state index in [1.807, 2.05) is 85.2 Å². The minimum Gasteiger partial charge on any atom is -0.256 e. The van der Waals surface area contributed by atoms with Gasteiger partial charge in [0.2, 0.25) is 0 Å². The van der Waals surface area contributed by atoms with Crippen LogP contribution in [-0.2, 0) is 0 Å². The predicted molar refractivity (Wildman–Crippen MR) is 268 cm³/mol. The predicted octanol–water partition coefficient (Wildman–Crippen LogP) is 14.8. The molecule has 0 atom stereocenters. The van der Waals surface area contributed by atoms with E-state index in [0.717, 1.165) is 105 Å². The van der Waals surface area contributed by atoms with Gasteiger partial charge in [0.15, 0.2) is 17.5 Å². The van der Waals surface area contributed by atoms with Crippen molar-refractivity contribution in [2.75, 3.05) is 0 Å². The van der Waals surface area contributed by atoms with Crippen LogP contribution in [0.3, 0.4) is 0 Å². The summed E-state index contributed by atoms with van der Waals surface area (Å²) in [6, 6.07) is 73.2. The molecule has 0 aliphatic rings. The standard InChI is InChI=1S/C60H36N6/c61-37-38-25-27-40(28-26-38)46-29-30-49(48-22-8-7-21-47(46)48)55-36-54-50-23-11-31-62-56(50)52(35-53(54)51-24-12-32-63-57(51)55)43-18-10-20-45(34-43)60-65-58(41-15-5-2-6-16-41)64-59(66-60)44-19-9-17-42(33-44)39-13-3-1-4-14-39/h1-36H. The summed E-state index contributed by atoms with van der Waals surface area (Å²) in [4.78, 5) is 25.4. The van der Waals surface area contributed by atoms with Crippen LogP contribution >= 0.6 is 0 Å². The Bertz CT molecular complexity index is 3880. The van der Waals surface area contributed by atoms with Gasteiger partial charge in [-0.1, -0.05) is 158 Å². The van der Waals surface area contributed by atoms with Crippen LogP contribution in [0.2, 0.25) is 0 Å². The van der Waals surface area contributed by atoms with E-state index in [9.17, 15) is 5.26 Å². The maximum atomic E-state index is 9.44. The van der Waals surface area contributed by atoms with Crippen LogP contribution in [0.5, 0.6) is 0 Å². The topological polar surface area (TPSA) is 88.2 Å². The monoisotopic (exact) mass is 840 g/mol. The molecule has 12 rings (SSSR count). The molecule has 306 valence electrons. The highest BCUT2D eigenvalue weighted by molar-refractivity contribution is 6.23. The van der Waals surface area contributed by atoms with E-state index in [4.69, 9.17) is 24.9 Å². The van der Waals surface area contributed by atoms with Gasteiger partial charge in [-0.25, -0.2) is 15.0 Å². The van der Waals surface area contributed by atoms with Gasteiger partial charge in [0, 0.05) is 51.0 Å². The van der Waals surface area contributed by atoms with Crippen molar-refractivity contribution in [1.82, 2.24) is 24.9 Å². The minimum atomic E-state index is 0.584. The highest BCUT2D eigenvalue weighted by Gasteiger charge is 2.20. The van der Waals surface area contributed by atoms with Gasteiger partial charge in [0.05, 0.1) is 22.7 Å². The highest BCUT2D eigenvalue weighted by atomic mass is 15.0. The molecule has 0 amide bonds. The normalized spacial score (nSPS) is 11.3. The maximum Gasteiger partial charge on any atom is 0.164 e. The van der Waals surface area contributed by atoms with Gasteiger partial charge in [0.25, 0.3) is 0 Å². The van der Waals surface area contributed by atoms with Crippen LogP contribution in [0.15, 0.2) is 219 Å². The molecule has 0 aliphatic heterocycles. The third-order valence-electron chi connectivity index (χ3n) is 12.4. The summed E-state index contributed by atoms with van der Waals surface area (Å²) in [5, 5.41) is 16.0. The van der Waals surface area contributed by atoms with E-state index < -0.39 is 0 Å². The lowest BCUT2D eigenvalue weighted by Crippen LogP contribution is -2.00. The van der Waals surface area contributed by atoms with Crippen molar-refractivity contribution in [3.63, 3.8) is 0 Å². The van der Waals surface area contributed by atoms with Crippen molar-refractivity contribution >= 4 is 43.4 Å². The molecule has 0 saturated carbocycles. The second kappa shape index (κ2) is 16.2. The zero-order chi connectivity index (χ0) is 44.0. The summed E-state index contributed by atoms with van der Waals surface area (Å²) in [7, 11) is 0. The molecule has 0 fully saturated rings. The van der Waals surface area contributed by atoms with Gasteiger partial charge < -0.3 is 0 Å². The summed E-state index contributed by atoms with van der Waals surface area (Å²) in [6.07, 6.45) is 3.75. The summed E-state index contributed by atoms with van der Waals surface area (Å²) >= 11 is 0. The first-order chi connectivity index (χ1) is 32.7. The molecule has 3 heterocycles. The lowest BCUT2D eigenvalue weighted by atomic mass is 9.88. The van der Waals surface area contributed by atoms with E-state index in [2.05, 4.69) is 140 Å². The second-order valence-electron chi connectivity index (χ2n) is 16.3. The first-order valence-corrected chi connectivity index (χ1v) is 21.9. The Balaban J connectivity index is 1.02. The van der Waals surface area contributed by atoms with Gasteiger partial charge in [0.1, 0.15) is 0 Å². The summed E-state index contributed by atoms with van der Waals surface area (Å²) in [6.45, 7) is 0. The number of fused-ring (bicyclic) bond motifs is 6. The molecular weight excluding hydrogens is 805 g/mol. The van der Waals surface area contributed by atoms with Crippen molar-refractivity contribution in [2.45, 2.75) is 0 Å². The third kappa shape index (κ3) is 6.80. The van der Waals surface area contributed by atoms with E-state index in [1.54, 1.807) is 0 Å². The second-order valence-corrected chi connectivity index (χ2v) is 16.3. The van der Waals surface area contributed by atoms with Gasteiger partial charge in [-0.2, -0.15) is 5.26 Å². The molecule has 0 radical (unpaired) electrons. The number of pyridine rings is 2. The molecule has 0 aliphatic carbocycles. The first kappa shape index (κ1) is 38.5. The molecule has 12 aromatic rings. The van der Waals surface area contributed by atoms with Crippen LogP contribution in [0.4, 0.5) is 0 Å². The fourth-order valence-corrected chi connectivity index (χ4v) is 9.28. The molecule has 6 nitrogen and oxygen atoms in total. The molecule has 0 saturated heterocycles. The van der Waals surface area contributed by atoms with Crippen molar-refractivity contribution in [3.05, 3.63) is 224 Å². The highest BCUT2D eigenvalue weighted by Crippen LogP contribution is 2.44. The third-order valence-corrected chi connectivity index (χ3v) is 12.4. The van der Waals surface area contributed by atoms with Gasteiger partial charge in [-0.15, -0.1) is 0 Å². The van der Waals surface area contributed by atoms with Crippen LogP contribution in [-0.4, -0.2) is 24.9 Å². The fourth-order valence-electron chi connectivity index (χ4n) is 9.28. The molecule has 6 heteroatoms. The number of nitrogens with zero attached hydrogens (tertiary/aromatic N) is 6. The smallest absolute Gasteiger partial charge is 0.164 e. The SMILES string of the molecule is N#Cc1ccc(-c2ccc(-c3cc4c5cccnc5c(-c5cccc(-c6nc(-c7ccccc7)nc(-c7cccc(-c8ccccc8)c7)n6)c5)cc4c4cccnc34)c3ccccc23)cc1. The molecular formula is C60H36N6. The molecule has 0 unspecified atom stereocenters. The zero-order valence-electron chi connectivity index (χ0n) is 35.5. The number of hydrogen-bond acceptors (Lipinski definition) is 6. The lowest BCUT2D eigenvalue weighted by Gasteiger charge is -2.17. The fraction of sp³-hybridized carbons (Fsp3) is 0. The van der Waals surface area contributed by atoms with Gasteiger partial charge in [-0.3, -0.25) is 9.97 Å². The largest absolute Gasteiger partial charge is 0.256 e. The van der Waals surface area contributed by atoms with Gasteiger partial charge >= 0.3 is 0 Å². The van der Waals surface area contributed by atoms with Crippen molar-refractivity contribution in [2.24, 2.45) is 0 Å². The number of benzene rings is 9. The van der Waals surface area contributed by atoms with Gasteiger partial charge in [-0.05, 0) is 103 Å². The quantitative estimate of drug-likeness (QED) is 0.149. The Labute approximate surface area is 380 Å². The van der Waals surface area contributed by atoms with Crippen molar-refractivity contribution in [1.29, 1.82) is 5.26 Å². The van der Waals surface area contributed by atoms with E-state index in [-0.39, 0.29) is 0 Å². The van der Waals surface area contributed by atoms with Crippen LogP contribution < -0.4 is 0 Å². The molecule has 66 heavy (non-hydrogen) atoms. The van der Waals surface area contributed by atoms with Crippen molar-refractivity contribution in [3.8, 4) is 84.7 Å². The van der Waals surface area contributed by atoms with Crippen molar-refractivity contribution < 1.29 is 0 Å². The van der Waals surface area contributed by atoms with E-state index in [0.29, 0.717) is 23.0 Å². The Morgan fingerprint density at radius 3 is 1.39 bits per heavy atom. The van der Waals surface area contributed by atoms with E-state index in [1.165, 1.54) is 0 Å². The summed E-state index contributed by atoms with van der Waals surface area (Å²) in [5.41, 5.74) is 13.7. The Morgan fingerprint density at radius 2 is 0.758 bits per heavy atom. The maximum absolute atomic E-state index is 9.44. The Hall–Kier alpha value is -9.18. The molecule has 3 aromatic heterocycles. The minimum absolute atomic E-state index is 0.584. The van der Waals surface area contributed by atoms with E-state index >= 15 is 0 Å². The molecule has 0 spiro atoms. The molecule has 0 N–H and O–H groups in total. The van der Waals surface area contributed by atoms with Crippen LogP contribution in [0, 0.1) is 11.3 Å². The first-order valence-electron chi connectivity index (χ1n) is 21.9. The van der Waals surface area contributed by atoms with Crippen LogP contribution in [0.1, 0.15) is 5.56 Å².